The van der Waals surface area contributed by atoms with Crippen LogP contribution in [0.2, 0.25) is 0 Å². The van der Waals surface area contributed by atoms with Crippen molar-refractivity contribution >= 4 is 29.6 Å². The summed E-state index contributed by atoms with van der Waals surface area (Å²) in [5.41, 5.74) is 3.72. The number of halogens is 1. The molecule has 0 unspecified atom stereocenters. The van der Waals surface area contributed by atoms with Gasteiger partial charge in [-0.3, -0.25) is 9.59 Å². The molecule has 190 valence electrons. The highest BCUT2D eigenvalue weighted by atomic mass is 19.1. The molecule has 2 aromatic carbocycles. The second kappa shape index (κ2) is 10.8. The standard InChI is InChI=1S/C26H29FN4O5/c1-16-3-4-17-11-21(27)7-5-20(17)14-30(16)24(33)15-31-23(32)13-18-6-8-22(29-25(34)28-2)12-19(18)9-10-36-26(31)35/h5-8,11-12,16H,3-4,9-10,13-15H2,1-2H3,(H2,28,29,34)/t16-/m1/s1. The number of nitrogens with zero attached hydrogens (tertiary/aromatic N) is 2. The highest BCUT2D eigenvalue weighted by molar-refractivity contribution is 5.97. The summed E-state index contributed by atoms with van der Waals surface area (Å²) in [7, 11) is 1.51. The van der Waals surface area contributed by atoms with Gasteiger partial charge in [0.25, 0.3) is 0 Å². The molecule has 2 aliphatic rings. The van der Waals surface area contributed by atoms with Crippen molar-refractivity contribution < 1.29 is 28.3 Å². The molecule has 0 aliphatic carbocycles. The predicted octanol–water partition coefficient (Wildman–Crippen LogP) is 3.00. The zero-order valence-electron chi connectivity index (χ0n) is 20.3. The van der Waals surface area contributed by atoms with E-state index in [-0.39, 0.29) is 43.4 Å². The number of aryl methyl sites for hydroxylation is 1. The van der Waals surface area contributed by atoms with Gasteiger partial charge in [-0.1, -0.05) is 12.1 Å². The summed E-state index contributed by atoms with van der Waals surface area (Å²) in [6.45, 7) is 1.76. The lowest BCUT2D eigenvalue weighted by Crippen LogP contribution is -2.48. The first-order valence-electron chi connectivity index (χ1n) is 11.9. The maximum absolute atomic E-state index is 13.7. The molecule has 0 aromatic heterocycles. The number of imide groups is 1. The van der Waals surface area contributed by atoms with Crippen LogP contribution < -0.4 is 10.6 Å². The van der Waals surface area contributed by atoms with Gasteiger partial charge in [-0.25, -0.2) is 18.9 Å². The zero-order chi connectivity index (χ0) is 25.8. The minimum Gasteiger partial charge on any atom is -0.449 e. The molecule has 1 atom stereocenters. The van der Waals surface area contributed by atoms with E-state index in [1.807, 2.05) is 6.92 Å². The second-order valence-electron chi connectivity index (χ2n) is 9.03. The SMILES string of the molecule is CNC(=O)Nc1ccc2c(c1)CCOC(=O)N(CC(=O)N1Cc3ccc(F)cc3CC[C@H]1C)C(=O)C2. The lowest BCUT2D eigenvalue weighted by atomic mass is 10.0. The largest absolute Gasteiger partial charge is 0.449 e. The lowest BCUT2D eigenvalue weighted by molar-refractivity contribution is -0.140. The van der Waals surface area contributed by atoms with Gasteiger partial charge in [0.1, 0.15) is 12.4 Å². The van der Waals surface area contributed by atoms with Crippen LogP contribution in [0.25, 0.3) is 0 Å². The number of nitrogens with one attached hydrogen (secondary N) is 2. The van der Waals surface area contributed by atoms with Crippen molar-refractivity contribution in [3.63, 3.8) is 0 Å². The van der Waals surface area contributed by atoms with Gasteiger partial charge >= 0.3 is 12.1 Å². The van der Waals surface area contributed by atoms with Crippen molar-refractivity contribution in [2.45, 2.75) is 45.2 Å². The number of urea groups is 1. The third-order valence-corrected chi connectivity index (χ3v) is 6.64. The summed E-state index contributed by atoms with van der Waals surface area (Å²) >= 11 is 0. The molecule has 0 bridgehead atoms. The van der Waals surface area contributed by atoms with E-state index in [0.717, 1.165) is 21.6 Å². The Balaban J connectivity index is 1.51. The molecular weight excluding hydrogens is 467 g/mol. The van der Waals surface area contributed by atoms with E-state index in [0.29, 0.717) is 30.5 Å². The highest BCUT2D eigenvalue weighted by Gasteiger charge is 2.32. The molecule has 0 saturated heterocycles. The van der Waals surface area contributed by atoms with Crippen LogP contribution in [-0.2, 0) is 40.1 Å². The lowest BCUT2D eigenvalue weighted by Gasteiger charge is -2.29. The van der Waals surface area contributed by atoms with Crippen molar-refractivity contribution in [3.05, 3.63) is 64.5 Å². The van der Waals surface area contributed by atoms with Crippen LogP contribution in [0.4, 0.5) is 19.7 Å². The number of carbonyl (C=O) groups is 4. The van der Waals surface area contributed by atoms with Crippen molar-refractivity contribution in [2.75, 3.05) is 25.5 Å². The fraction of sp³-hybridized carbons (Fsp3) is 0.385. The van der Waals surface area contributed by atoms with Crippen molar-refractivity contribution in [1.82, 2.24) is 15.1 Å². The maximum Gasteiger partial charge on any atom is 0.417 e. The van der Waals surface area contributed by atoms with E-state index >= 15 is 0 Å². The first kappa shape index (κ1) is 25.2. The third-order valence-electron chi connectivity index (χ3n) is 6.64. The fourth-order valence-electron chi connectivity index (χ4n) is 4.54. The normalized spacial score (nSPS) is 18.0. The van der Waals surface area contributed by atoms with E-state index in [2.05, 4.69) is 10.6 Å². The first-order chi connectivity index (χ1) is 17.2. The van der Waals surface area contributed by atoms with Gasteiger partial charge < -0.3 is 20.3 Å². The summed E-state index contributed by atoms with van der Waals surface area (Å²) in [6, 6.07) is 9.15. The number of amides is 5. The van der Waals surface area contributed by atoms with Gasteiger partial charge in [-0.2, -0.15) is 0 Å². The fourth-order valence-corrected chi connectivity index (χ4v) is 4.54. The van der Waals surface area contributed by atoms with E-state index < -0.39 is 18.5 Å². The van der Waals surface area contributed by atoms with Gasteiger partial charge in [0, 0.05) is 31.7 Å². The summed E-state index contributed by atoms with van der Waals surface area (Å²) < 4.78 is 19.0. The van der Waals surface area contributed by atoms with Crippen molar-refractivity contribution in [3.8, 4) is 0 Å². The van der Waals surface area contributed by atoms with E-state index in [1.165, 1.54) is 19.2 Å². The Morgan fingerprint density at radius 3 is 2.58 bits per heavy atom. The van der Waals surface area contributed by atoms with Crippen molar-refractivity contribution in [2.24, 2.45) is 0 Å². The molecule has 0 spiro atoms. The average molecular weight is 497 g/mol. The molecule has 10 heteroatoms. The Labute approximate surface area is 208 Å². The minimum absolute atomic E-state index is 0.0201. The van der Waals surface area contributed by atoms with Crippen LogP contribution in [0.5, 0.6) is 0 Å². The maximum atomic E-state index is 13.7. The monoisotopic (exact) mass is 496 g/mol. The number of hydrogen-bond acceptors (Lipinski definition) is 5. The zero-order valence-corrected chi connectivity index (χ0v) is 20.3. The molecular formula is C26H29FN4O5. The molecule has 0 fully saturated rings. The highest BCUT2D eigenvalue weighted by Crippen LogP contribution is 2.24. The summed E-state index contributed by atoms with van der Waals surface area (Å²) in [4.78, 5) is 53.3. The Bertz CT molecular complexity index is 1200. The molecule has 4 rings (SSSR count). The van der Waals surface area contributed by atoms with Crippen LogP contribution >= 0.6 is 0 Å². The van der Waals surface area contributed by atoms with Gasteiger partial charge in [-0.05, 0) is 66.3 Å². The van der Waals surface area contributed by atoms with Crippen LogP contribution in [0.3, 0.4) is 0 Å². The molecule has 36 heavy (non-hydrogen) atoms. The molecule has 2 N–H and O–H groups in total. The number of ether oxygens (including phenoxy) is 1. The number of fused-ring (bicyclic) bond motifs is 2. The van der Waals surface area contributed by atoms with Gasteiger partial charge in [-0.15, -0.1) is 0 Å². The van der Waals surface area contributed by atoms with E-state index in [4.69, 9.17) is 4.74 Å². The number of rotatable bonds is 3. The second-order valence-corrected chi connectivity index (χ2v) is 9.03. The van der Waals surface area contributed by atoms with E-state index in [9.17, 15) is 23.6 Å². The van der Waals surface area contributed by atoms with Crippen LogP contribution in [0.15, 0.2) is 36.4 Å². The molecule has 9 nitrogen and oxygen atoms in total. The summed E-state index contributed by atoms with van der Waals surface area (Å²) in [5.74, 6) is -1.24. The minimum atomic E-state index is -0.866. The molecule has 0 radical (unpaired) electrons. The molecule has 0 saturated carbocycles. The van der Waals surface area contributed by atoms with Crippen molar-refractivity contribution in [1.29, 1.82) is 0 Å². The Morgan fingerprint density at radius 2 is 1.81 bits per heavy atom. The number of anilines is 1. The number of cyclic esters (lactones) is 1. The number of carbonyl (C=O) groups excluding carboxylic acids is 4. The average Bonchev–Trinajstić information content (AvgIpc) is 2.98. The molecule has 2 heterocycles. The summed E-state index contributed by atoms with van der Waals surface area (Å²) in [5, 5.41) is 5.15. The predicted molar refractivity (Wildman–Crippen MR) is 130 cm³/mol. The van der Waals surface area contributed by atoms with E-state index in [1.54, 1.807) is 29.2 Å². The van der Waals surface area contributed by atoms with Gasteiger partial charge in [0.2, 0.25) is 11.8 Å². The smallest absolute Gasteiger partial charge is 0.417 e. The number of benzene rings is 2. The van der Waals surface area contributed by atoms with Crippen LogP contribution in [0.1, 0.15) is 35.6 Å². The summed E-state index contributed by atoms with van der Waals surface area (Å²) in [6.07, 6.45) is 0.678. The molecule has 2 aromatic rings. The van der Waals surface area contributed by atoms with Crippen LogP contribution in [-0.4, -0.2) is 60.0 Å². The third kappa shape index (κ3) is 5.64. The first-order valence-corrected chi connectivity index (χ1v) is 11.9. The molecule has 2 aliphatic heterocycles. The topological polar surface area (TPSA) is 108 Å². The Morgan fingerprint density at radius 1 is 1.06 bits per heavy atom. The Kier molecular flexibility index (Phi) is 7.52. The quantitative estimate of drug-likeness (QED) is 0.679. The Hall–Kier alpha value is -3.95. The number of hydrogen-bond donors (Lipinski definition) is 2. The van der Waals surface area contributed by atoms with Crippen LogP contribution in [0, 0.1) is 5.82 Å². The van der Waals surface area contributed by atoms with Gasteiger partial charge in [0.05, 0.1) is 13.0 Å². The van der Waals surface area contributed by atoms with Gasteiger partial charge in [0.15, 0.2) is 0 Å². The molecule has 5 amide bonds.